The molecule has 6 nitrogen and oxygen atoms in total. The highest BCUT2D eigenvalue weighted by Gasteiger charge is 2.41. The predicted molar refractivity (Wildman–Crippen MR) is 258 cm³/mol. The molecule has 1 atom stereocenters. The van der Waals surface area contributed by atoms with Crippen molar-refractivity contribution < 1.29 is 19.1 Å². The fourth-order valence-corrected chi connectivity index (χ4v) is 8.60. The van der Waals surface area contributed by atoms with E-state index in [1.165, 1.54) is 167 Å². The molecule has 1 fully saturated rings. The van der Waals surface area contributed by atoms with Crippen LogP contribution in [0.2, 0.25) is 0 Å². The molecule has 0 radical (unpaired) electrons. The van der Waals surface area contributed by atoms with Gasteiger partial charge < -0.3 is 19.7 Å². The summed E-state index contributed by atoms with van der Waals surface area (Å²) in [6.45, 7) is 15.6. The molecular formula is C52H100N2O4S. The van der Waals surface area contributed by atoms with Crippen molar-refractivity contribution in [3.63, 3.8) is 0 Å². The van der Waals surface area contributed by atoms with Crippen LogP contribution in [0.3, 0.4) is 0 Å². The largest absolute Gasteiger partial charge is 0.462 e. The summed E-state index contributed by atoms with van der Waals surface area (Å²) in [6.07, 6.45) is 43.5. The number of nitrogens with zero attached hydrogens (tertiary/aromatic N) is 1. The minimum absolute atomic E-state index is 0.00366. The van der Waals surface area contributed by atoms with Gasteiger partial charge in [-0.05, 0) is 110 Å². The van der Waals surface area contributed by atoms with Crippen LogP contribution in [0.15, 0.2) is 0 Å². The van der Waals surface area contributed by atoms with Gasteiger partial charge in [-0.2, -0.15) is 0 Å². The molecule has 0 aromatic heterocycles. The van der Waals surface area contributed by atoms with Crippen molar-refractivity contribution in [2.45, 2.75) is 284 Å². The average Bonchev–Trinajstić information content (AvgIpc) is 3.99. The van der Waals surface area contributed by atoms with Crippen molar-refractivity contribution in [1.82, 2.24) is 10.2 Å². The zero-order valence-electron chi connectivity index (χ0n) is 40.1. The maximum Gasteiger partial charge on any atom is 0.306 e. The quantitative estimate of drug-likeness (QED) is 0.0372. The molecule has 7 heteroatoms. The van der Waals surface area contributed by atoms with E-state index in [0.29, 0.717) is 12.8 Å². The number of ether oxygens (including phenoxy) is 2. The normalized spacial score (nSPS) is 13.9. The Morgan fingerprint density at radius 2 is 0.864 bits per heavy atom. The average molecular weight is 849 g/mol. The van der Waals surface area contributed by atoms with Gasteiger partial charge in [0.25, 0.3) is 0 Å². The molecule has 0 aliphatic heterocycles. The second kappa shape index (κ2) is 39.6. The van der Waals surface area contributed by atoms with Crippen LogP contribution in [0.25, 0.3) is 0 Å². The highest BCUT2D eigenvalue weighted by Crippen LogP contribution is 2.45. The van der Waals surface area contributed by atoms with Crippen LogP contribution in [0.1, 0.15) is 272 Å². The Bertz CT molecular complexity index is 972. The molecule has 0 aromatic rings. The van der Waals surface area contributed by atoms with E-state index in [2.05, 4.69) is 44.8 Å². The van der Waals surface area contributed by atoms with E-state index < -0.39 is 0 Å². The molecule has 0 saturated heterocycles. The van der Waals surface area contributed by atoms with Crippen LogP contribution in [0.5, 0.6) is 0 Å². The first kappa shape index (κ1) is 55.8. The van der Waals surface area contributed by atoms with Crippen molar-refractivity contribution in [2.75, 3.05) is 26.2 Å². The molecule has 1 unspecified atom stereocenters. The topological polar surface area (TPSA) is 67.9 Å². The minimum atomic E-state index is 0.00366. The Hall–Kier alpha value is -1.21. The van der Waals surface area contributed by atoms with Gasteiger partial charge >= 0.3 is 11.9 Å². The summed E-state index contributed by atoms with van der Waals surface area (Å²) < 4.78 is 11.9. The van der Waals surface area contributed by atoms with Gasteiger partial charge in [-0.25, -0.2) is 0 Å². The third-order valence-electron chi connectivity index (χ3n) is 12.9. The first-order valence-corrected chi connectivity index (χ1v) is 26.6. The highest BCUT2D eigenvalue weighted by molar-refractivity contribution is 7.80. The maximum atomic E-state index is 12.9. The molecule has 1 saturated carbocycles. The lowest BCUT2D eigenvalue weighted by atomic mass is 10.0. The summed E-state index contributed by atoms with van der Waals surface area (Å²) >= 11 is 5.67. The van der Waals surface area contributed by atoms with Gasteiger partial charge in [-0.15, -0.1) is 0 Å². The van der Waals surface area contributed by atoms with Gasteiger partial charge in [0.2, 0.25) is 0 Å². The van der Waals surface area contributed by atoms with Gasteiger partial charge in [0.05, 0.1) is 4.99 Å². The number of esters is 2. The lowest BCUT2D eigenvalue weighted by Crippen LogP contribution is -2.33. The van der Waals surface area contributed by atoms with E-state index in [0.717, 1.165) is 89.0 Å². The molecule has 0 bridgehead atoms. The number of carbonyl (C=O) groups excluding carboxylic acids is 2. The van der Waals surface area contributed by atoms with Gasteiger partial charge in [0.15, 0.2) is 0 Å². The molecule has 0 amide bonds. The summed E-state index contributed by atoms with van der Waals surface area (Å²) in [5, 5.41) is 3.55. The highest BCUT2D eigenvalue weighted by atomic mass is 32.1. The van der Waals surface area contributed by atoms with Crippen molar-refractivity contribution in [1.29, 1.82) is 0 Å². The fourth-order valence-electron chi connectivity index (χ4n) is 8.29. The third-order valence-corrected chi connectivity index (χ3v) is 13.5. The molecule has 59 heavy (non-hydrogen) atoms. The molecule has 348 valence electrons. The monoisotopic (exact) mass is 849 g/mol. The number of nitrogens with one attached hydrogen (secondary N) is 1. The molecule has 1 aliphatic rings. The van der Waals surface area contributed by atoms with Crippen LogP contribution >= 0.6 is 12.2 Å². The van der Waals surface area contributed by atoms with Crippen molar-refractivity contribution in [3.05, 3.63) is 0 Å². The lowest BCUT2D eigenvalue weighted by Gasteiger charge is -2.23. The summed E-state index contributed by atoms with van der Waals surface area (Å²) in [6, 6.07) is 0. The van der Waals surface area contributed by atoms with Crippen LogP contribution < -0.4 is 5.32 Å². The van der Waals surface area contributed by atoms with E-state index in [-0.39, 0.29) is 29.6 Å². The minimum Gasteiger partial charge on any atom is -0.462 e. The zero-order valence-corrected chi connectivity index (χ0v) is 41.0. The van der Waals surface area contributed by atoms with Crippen molar-refractivity contribution in [3.8, 4) is 0 Å². The summed E-state index contributed by atoms with van der Waals surface area (Å²) in [5.41, 5.74) is 0.260. The Labute approximate surface area is 373 Å². The van der Waals surface area contributed by atoms with Gasteiger partial charge in [0.1, 0.15) is 12.2 Å². The van der Waals surface area contributed by atoms with E-state index in [1.807, 2.05) is 0 Å². The summed E-state index contributed by atoms with van der Waals surface area (Å²) in [4.78, 5) is 29.1. The second-order valence-electron chi connectivity index (χ2n) is 18.8. The van der Waals surface area contributed by atoms with E-state index in [9.17, 15) is 9.59 Å². The Kier molecular flexibility index (Phi) is 37.5. The smallest absolute Gasteiger partial charge is 0.306 e. The molecule has 0 aromatic carbocycles. The summed E-state index contributed by atoms with van der Waals surface area (Å²) in [7, 11) is 0. The number of hydrogen-bond donors (Lipinski definition) is 1. The number of thiocarbonyl (C=S) groups is 1. The number of unbranched alkanes of at least 4 members (excludes halogenated alkanes) is 23. The number of hydrogen-bond acceptors (Lipinski definition) is 6. The number of carbonyl (C=O) groups is 2. The van der Waals surface area contributed by atoms with Crippen molar-refractivity contribution in [2.24, 2.45) is 5.41 Å². The SMILES string of the molecule is CCCCCCCCC(CC)OC(=O)CCCCCCCN(CCCCCCCC(=O)OC(CCCCCCCC)CCCCCCCC)CCCNC(=S)C1(C)CC1. The second-order valence-corrected chi connectivity index (χ2v) is 19.3. The fraction of sp³-hybridized carbons (Fsp3) is 0.942. The molecule has 1 N–H and O–H groups in total. The number of rotatable bonds is 45. The van der Waals surface area contributed by atoms with E-state index >= 15 is 0 Å². The maximum absolute atomic E-state index is 12.9. The first-order valence-electron chi connectivity index (χ1n) is 26.2. The molecular weight excluding hydrogens is 749 g/mol. The lowest BCUT2D eigenvalue weighted by molar-refractivity contribution is -0.150. The van der Waals surface area contributed by atoms with Crippen molar-refractivity contribution >= 4 is 29.1 Å². The predicted octanol–water partition coefficient (Wildman–Crippen LogP) is 15.6. The van der Waals surface area contributed by atoms with Crippen LogP contribution in [0.4, 0.5) is 0 Å². The molecule has 1 rings (SSSR count). The molecule has 1 aliphatic carbocycles. The first-order chi connectivity index (χ1) is 28.8. The van der Waals surface area contributed by atoms with Gasteiger partial charge in [-0.1, -0.05) is 182 Å². The Morgan fingerprint density at radius 3 is 1.29 bits per heavy atom. The Morgan fingerprint density at radius 1 is 0.508 bits per heavy atom. The summed E-state index contributed by atoms with van der Waals surface area (Å²) in [5.74, 6) is 0.0368. The van der Waals surface area contributed by atoms with E-state index in [1.54, 1.807) is 0 Å². The van der Waals surface area contributed by atoms with Gasteiger partial charge in [0, 0.05) is 24.8 Å². The van der Waals surface area contributed by atoms with Crippen LogP contribution in [-0.2, 0) is 19.1 Å². The Balaban J connectivity index is 2.33. The van der Waals surface area contributed by atoms with Crippen LogP contribution in [-0.4, -0.2) is 60.2 Å². The van der Waals surface area contributed by atoms with Gasteiger partial charge in [-0.3, -0.25) is 9.59 Å². The standard InChI is InChI=1S/C52H100N2O4S/c1-6-10-13-16-21-28-36-47(9-4)57-49(55)39-31-24-19-26-33-44-54(46-35-43-53-51(59)52(5)41-42-52)45-34-27-20-25-32-40-50(56)58-48(37-29-22-17-14-11-7-2)38-30-23-18-15-12-8-3/h47-48H,6-46H2,1-5H3,(H,53,59). The van der Waals surface area contributed by atoms with E-state index in [4.69, 9.17) is 21.7 Å². The third kappa shape index (κ3) is 34.0. The van der Waals surface area contributed by atoms with Crippen LogP contribution in [0, 0.1) is 5.41 Å². The zero-order chi connectivity index (χ0) is 43.1. The molecule has 0 spiro atoms. The molecule has 0 heterocycles.